The molecule has 1 unspecified atom stereocenters. The molecule has 0 radical (unpaired) electrons. The summed E-state index contributed by atoms with van der Waals surface area (Å²) in [5.74, 6) is 1.83. The molecule has 7 heteroatoms. The lowest BCUT2D eigenvalue weighted by Crippen LogP contribution is -2.42. The Labute approximate surface area is 166 Å². The van der Waals surface area contributed by atoms with Crippen LogP contribution in [0.25, 0.3) is 0 Å². The highest BCUT2D eigenvalue weighted by Gasteiger charge is 2.25. The molecule has 0 saturated carbocycles. The Kier molecular flexibility index (Phi) is 7.83. The summed E-state index contributed by atoms with van der Waals surface area (Å²) in [5, 5.41) is 6.81. The number of furan rings is 1. The summed E-state index contributed by atoms with van der Waals surface area (Å²) in [7, 11) is 3.83. The van der Waals surface area contributed by atoms with Gasteiger partial charge in [0.15, 0.2) is 5.96 Å². The molecule has 1 aliphatic heterocycles. The second-order valence-corrected chi connectivity index (χ2v) is 6.27. The fourth-order valence-corrected chi connectivity index (χ4v) is 3.21. The van der Waals surface area contributed by atoms with Crippen molar-refractivity contribution in [2.45, 2.75) is 25.4 Å². The van der Waals surface area contributed by atoms with Crippen molar-refractivity contribution in [1.29, 1.82) is 0 Å². The molecule has 0 amide bonds. The number of aliphatic imine (C=N–C) groups is 1. The van der Waals surface area contributed by atoms with Gasteiger partial charge in [0, 0.05) is 39.6 Å². The molecule has 1 atom stereocenters. The first-order chi connectivity index (χ1) is 11.8. The van der Waals surface area contributed by atoms with E-state index < -0.39 is 0 Å². The Balaban J connectivity index is 0.00000225. The van der Waals surface area contributed by atoms with Gasteiger partial charge in [-0.1, -0.05) is 0 Å². The zero-order valence-electron chi connectivity index (χ0n) is 14.9. The van der Waals surface area contributed by atoms with Crippen molar-refractivity contribution in [2.75, 3.05) is 26.7 Å². The van der Waals surface area contributed by atoms with Gasteiger partial charge in [-0.25, -0.2) is 0 Å². The van der Waals surface area contributed by atoms with E-state index in [9.17, 15) is 0 Å². The van der Waals surface area contributed by atoms with Crippen LogP contribution in [0.5, 0.6) is 0 Å². The topological polar surface area (TPSA) is 57.7 Å². The average molecular weight is 457 g/mol. The number of guanidine groups is 1. The lowest BCUT2D eigenvalue weighted by Gasteiger charge is -2.26. The summed E-state index contributed by atoms with van der Waals surface area (Å²) >= 11 is 0. The number of nitrogens with one attached hydrogen (secondary N) is 2. The van der Waals surface area contributed by atoms with Crippen LogP contribution in [0.15, 0.2) is 46.3 Å². The highest BCUT2D eigenvalue weighted by molar-refractivity contribution is 14.0. The smallest absolute Gasteiger partial charge is 0.191 e. The van der Waals surface area contributed by atoms with Crippen LogP contribution in [0.2, 0.25) is 0 Å². The third-order valence-electron chi connectivity index (χ3n) is 4.49. The van der Waals surface area contributed by atoms with Gasteiger partial charge in [-0.05, 0) is 49.7 Å². The predicted octanol–water partition coefficient (Wildman–Crippen LogP) is 2.74. The van der Waals surface area contributed by atoms with Crippen LogP contribution in [-0.2, 0) is 13.6 Å². The molecule has 1 fully saturated rings. The number of rotatable bonds is 6. The van der Waals surface area contributed by atoms with Gasteiger partial charge in [-0.2, -0.15) is 0 Å². The van der Waals surface area contributed by atoms with E-state index >= 15 is 0 Å². The number of aryl methyl sites for hydroxylation is 1. The molecule has 0 aromatic carbocycles. The van der Waals surface area contributed by atoms with Crippen LogP contribution in [0.3, 0.4) is 0 Å². The molecule has 1 aliphatic rings. The molecular formula is C18H28IN5O. The van der Waals surface area contributed by atoms with Crippen molar-refractivity contribution in [3.63, 3.8) is 0 Å². The normalized spacial score (nSPS) is 16.5. The van der Waals surface area contributed by atoms with Crippen LogP contribution >= 0.6 is 24.0 Å². The molecule has 0 spiro atoms. The Morgan fingerprint density at radius 2 is 2.08 bits per heavy atom. The minimum atomic E-state index is 0. The van der Waals surface area contributed by atoms with Gasteiger partial charge in [0.25, 0.3) is 0 Å². The maximum Gasteiger partial charge on any atom is 0.191 e. The van der Waals surface area contributed by atoms with Crippen molar-refractivity contribution in [3.8, 4) is 0 Å². The van der Waals surface area contributed by atoms with Crippen LogP contribution in [0.4, 0.5) is 0 Å². The number of nitrogens with zero attached hydrogens (tertiary/aromatic N) is 3. The third-order valence-corrected chi connectivity index (χ3v) is 4.49. The predicted molar refractivity (Wildman–Crippen MR) is 111 cm³/mol. The molecule has 0 bridgehead atoms. The SMILES string of the molecule is CN=C(NCc1ccn(C)c1)NCC(c1ccco1)N1CCCC1.I. The molecule has 2 aromatic heterocycles. The van der Waals surface area contributed by atoms with E-state index in [1.807, 2.05) is 23.9 Å². The monoisotopic (exact) mass is 457 g/mol. The third kappa shape index (κ3) is 5.50. The Hall–Kier alpha value is -1.48. The number of hydrogen-bond acceptors (Lipinski definition) is 3. The molecule has 138 valence electrons. The molecule has 2 N–H and O–H groups in total. The second-order valence-electron chi connectivity index (χ2n) is 6.27. The average Bonchev–Trinajstić information content (AvgIpc) is 3.33. The largest absolute Gasteiger partial charge is 0.468 e. The molecule has 2 aromatic rings. The zero-order chi connectivity index (χ0) is 16.8. The molecular weight excluding hydrogens is 429 g/mol. The Bertz CT molecular complexity index is 646. The molecule has 3 heterocycles. The van der Waals surface area contributed by atoms with Crippen molar-refractivity contribution in [3.05, 3.63) is 48.2 Å². The van der Waals surface area contributed by atoms with Crippen LogP contribution in [-0.4, -0.2) is 42.1 Å². The first-order valence-corrected chi connectivity index (χ1v) is 8.59. The van der Waals surface area contributed by atoms with Crippen molar-refractivity contribution in [2.24, 2.45) is 12.0 Å². The Morgan fingerprint density at radius 1 is 1.28 bits per heavy atom. The highest BCUT2D eigenvalue weighted by atomic mass is 127. The minimum Gasteiger partial charge on any atom is -0.468 e. The number of halogens is 1. The van der Waals surface area contributed by atoms with Crippen molar-refractivity contribution in [1.82, 2.24) is 20.1 Å². The quantitative estimate of drug-likeness (QED) is 0.398. The first kappa shape index (κ1) is 19.8. The summed E-state index contributed by atoms with van der Waals surface area (Å²) < 4.78 is 7.71. The van der Waals surface area contributed by atoms with E-state index in [0.717, 1.165) is 37.9 Å². The zero-order valence-corrected chi connectivity index (χ0v) is 17.3. The molecule has 3 rings (SSSR count). The first-order valence-electron chi connectivity index (χ1n) is 8.59. The lowest BCUT2D eigenvalue weighted by molar-refractivity contribution is 0.215. The van der Waals surface area contributed by atoms with E-state index in [0.29, 0.717) is 0 Å². The van der Waals surface area contributed by atoms with E-state index in [1.54, 1.807) is 13.3 Å². The summed E-state index contributed by atoms with van der Waals surface area (Å²) in [5.41, 5.74) is 1.24. The van der Waals surface area contributed by atoms with E-state index in [2.05, 4.69) is 38.9 Å². The van der Waals surface area contributed by atoms with Crippen LogP contribution in [0, 0.1) is 0 Å². The standard InChI is InChI=1S/C18H27N5O.HI/c1-19-18(20-12-15-7-10-22(2)14-15)21-13-16(17-6-5-11-24-17)23-8-3-4-9-23;/h5-7,10-11,14,16H,3-4,8-9,12-13H2,1-2H3,(H2,19,20,21);1H. The summed E-state index contributed by atoms with van der Waals surface area (Å²) in [6.07, 6.45) is 8.43. The number of hydrogen-bond donors (Lipinski definition) is 2. The lowest BCUT2D eigenvalue weighted by atomic mass is 10.2. The molecule has 6 nitrogen and oxygen atoms in total. The van der Waals surface area contributed by atoms with E-state index in [-0.39, 0.29) is 30.0 Å². The van der Waals surface area contributed by atoms with Crippen LogP contribution in [0.1, 0.15) is 30.2 Å². The van der Waals surface area contributed by atoms with Crippen molar-refractivity contribution >= 4 is 29.9 Å². The summed E-state index contributed by atoms with van der Waals surface area (Å²) in [4.78, 5) is 6.81. The van der Waals surface area contributed by atoms with Crippen molar-refractivity contribution < 1.29 is 4.42 Å². The van der Waals surface area contributed by atoms with E-state index in [1.165, 1.54) is 18.4 Å². The van der Waals surface area contributed by atoms with Gasteiger partial charge in [-0.3, -0.25) is 9.89 Å². The summed E-state index contributed by atoms with van der Waals surface area (Å²) in [6.45, 7) is 3.80. The van der Waals surface area contributed by atoms with E-state index in [4.69, 9.17) is 4.42 Å². The van der Waals surface area contributed by atoms with Gasteiger partial charge < -0.3 is 19.6 Å². The van der Waals surface area contributed by atoms with Crippen LogP contribution < -0.4 is 10.6 Å². The highest BCUT2D eigenvalue weighted by Crippen LogP contribution is 2.24. The fraction of sp³-hybridized carbons (Fsp3) is 0.500. The maximum absolute atomic E-state index is 5.66. The van der Waals surface area contributed by atoms with Gasteiger partial charge in [0.2, 0.25) is 0 Å². The maximum atomic E-state index is 5.66. The second kappa shape index (κ2) is 9.86. The number of aromatic nitrogens is 1. The summed E-state index contributed by atoms with van der Waals surface area (Å²) in [6, 6.07) is 6.37. The molecule has 1 saturated heterocycles. The van der Waals surface area contributed by atoms with Gasteiger partial charge >= 0.3 is 0 Å². The fourth-order valence-electron chi connectivity index (χ4n) is 3.21. The van der Waals surface area contributed by atoms with Gasteiger partial charge in [0.05, 0.1) is 12.3 Å². The van der Waals surface area contributed by atoms with Gasteiger partial charge in [0.1, 0.15) is 5.76 Å². The molecule has 25 heavy (non-hydrogen) atoms. The number of likely N-dealkylation sites (tertiary alicyclic amines) is 1. The minimum absolute atomic E-state index is 0. The van der Waals surface area contributed by atoms with Gasteiger partial charge in [-0.15, -0.1) is 24.0 Å². The Morgan fingerprint density at radius 3 is 2.68 bits per heavy atom. The molecule has 0 aliphatic carbocycles.